The van der Waals surface area contributed by atoms with Crippen LogP contribution in [-0.2, 0) is 11.3 Å². The van der Waals surface area contributed by atoms with E-state index in [1.165, 1.54) is 0 Å². The molecule has 1 N–H and O–H groups in total. The number of methoxy groups -OCH3 is 2. The number of piperidine rings is 1. The van der Waals surface area contributed by atoms with Crippen LogP contribution in [0.1, 0.15) is 24.6 Å². The van der Waals surface area contributed by atoms with E-state index in [1.54, 1.807) is 14.2 Å². The van der Waals surface area contributed by atoms with Crippen LogP contribution in [-0.4, -0.2) is 54.4 Å². The third-order valence-electron chi connectivity index (χ3n) is 4.78. The summed E-state index contributed by atoms with van der Waals surface area (Å²) in [4.78, 5) is 18.9. The van der Waals surface area contributed by atoms with Gasteiger partial charge in [-0.25, -0.2) is 9.78 Å². The van der Waals surface area contributed by atoms with Crippen molar-refractivity contribution in [2.24, 2.45) is 0 Å². The number of anilines is 1. The molecule has 1 aliphatic rings. The van der Waals surface area contributed by atoms with Gasteiger partial charge in [-0.1, -0.05) is 12.1 Å². The Bertz CT molecular complexity index is 723. The quantitative estimate of drug-likeness (QED) is 0.862. The molecule has 7 heteroatoms. The lowest BCUT2D eigenvalue weighted by atomic mass is 9.96. The summed E-state index contributed by atoms with van der Waals surface area (Å²) in [6, 6.07) is 7.35. The van der Waals surface area contributed by atoms with Crippen molar-refractivity contribution >= 4 is 11.7 Å². The minimum atomic E-state index is -0.0873. The standard InChI is InChI=1S/C19H26N4O3/c1-25-14-13-22-12-9-20-18(22)15-7-10-23(11-8-15)19(24)21-16-5-3-4-6-17(16)26-2/h3-6,9,12,15H,7-8,10-11,13-14H2,1-2H3,(H,21,24). The molecule has 26 heavy (non-hydrogen) atoms. The number of likely N-dealkylation sites (tertiary alicyclic amines) is 1. The fraction of sp³-hybridized carbons (Fsp3) is 0.474. The van der Waals surface area contributed by atoms with Crippen LogP contribution in [0.2, 0.25) is 0 Å². The first kappa shape index (κ1) is 18.3. The minimum absolute atomic E-state index is 0.0873. The van der Waals surface area contributed by atoms with E-state index < -0.39 is 0 Å². The number of ether oxygens (including phenoxy) is 2. The van der Waals surface area contributed by atoms with Gasteiger partial charge >= 0.3 is 6.03 Å². The molecule has 2 amide bonds. The molecule has 1 fully saturated rings. The minimum Gasteiger partial charge on any atom is -0.495 e. The first-order chi connectivity index (χ1) is 12.7. The fourth-order valence-corrected chi connectivity index (χ4v) is 3.34. The SMILES string of the molecule is COCCn1ccnc1C1CCN(C(=O)Nc2ccccc2OC)CC1. The number of hydrogen-bond donors (Lipinski definition) is 1. The maximum atomic E-state index is 12.6. The van der Waals surface area contributed by atoms with Crippen molar-refractivity contribution < 1.29 is 14.3 Å². The van der Waals surface area contributed by atoms with Crippen LogP contribution in [0.4, 0.5) is 10.5 Å². The number of benzene rings is 1. The van der Waals surface area contributed by atoms with Gasteiger partial charge in [0.1, 0.15) is 11.6 Å². The van der Waals surface area contributed by atoms with E-state index in [1.807, 2.05) is 41.6 Å². The molecule has 0 saturated carbocycles. The molecule has 0 aliphatic carbocycles. The normalized spacial score (nSPS) is 15.1. The van der Waals surface area contributed by atoms with Gasteiger partial charge in [-0.3, -0.25) is 0 Å². The summed E-state index contributed by atoms with van der Waals surface area (Å²) in [7, 11) is 3.30. The van der Waals surface area contributed by atoms with Crippen LogP contribution in [0.5, 0.6) is 5.75 Å². The molecule has 7 nitrogen and oxygen atoms in total. The molecule has 140 valence electrons. The van der Waals surface area contributed by atoms with E-state index >= 15 is 0 Å². The lowest BCUT2D eigenvalue weighted by Gasteiger charge is -2.32. The smallest absolute Gasteiger partial charge is 0.321 e. The zero-order valence-electron chi connectivity index (χ0n) is 15.4. The van der Waals surface area contributed by atoms with Gasteiger partial charge in [0.25, 0.3) is 0 Å². The van der Waals surface area contributed by atoms with Gasteiger partial charge in [-0.05, 0) is 25.0 Å². The third kappa shape index (κ3) is 4.16. The van der Waals surface area contributed by atoms with Crippen molar-refractivity contribution in [1.82, 2.24) is 14.5 Å². The number of imidazole rings is 1. The molecule has 1 aliphatic heterocycles. The summed E-state index contributed by atoms with van der Waals surface area (Å²) in [6.45, 7) is 2.90. The molecule has 0 radical (unpaired) electrons. The van der Waals surface area contributed by atoms with Crippen LogP contribution < -0.4 is 10.1 Å². The van der Waals surface area contributed by atoms with Gasteiger partial charge in [0, 0.05) is 45.1 Å². The fourth-order valence-electron chi connectivity index (χ4n) is 3.34. The average molecular weight is 358 g/mol. The lowest BCUT2D eigenvalue weighted by molar-refractivity contribution is 0.181. The van der Waals surface area contributed by atoms with E-state index in [-0.39, 0.29) is 6.03 Å². The number of nitrogens with one attached hydrogen (secondary N) is 1. The average Bonchev–Trinajstić information content (AvgIpc) is 3.15. The van der Waals surface area contributed by atoms with Gasteiger partial charge < -0.3 is 24.3 Å². The number of nitrogens with zero attached hydrogens (tertiary/aromatic N) is 3. The maximum absolute atomic E-state index is 12.6. The predicted molar refractivity (Wildman–Crippen MR) is 99.7 cm³/mol. The van der Waals surface area contributed by atoms with Crippen LogP contribution in [0.3, 0.4) is 0 Å². The second-order valence-electron chi connectivity index (χ2n) is 6.36. The lowest BCUT2D eigenvalue weighted by Crippen LogP contribution is -2.41. The number of carbonyl (C=O) groups is 1. The molecule has 1 aromatic heterocycles. The van der Waals surface area contributed by atoms with E-state index in [0.29, 0.717) is 37.1 Å². The molecule has 3 rings (SSSR count). The zero-order valence-corrected chi connectivity index (χ0v) is 15.4. The number of hydrogen-bond acceptors (Lipinski definition) is 4. The Kier molecular flexibility index (Phi) is 6.12. The van der Waals surface area contributed by atoms with Crippen molar-refractivity contribution in [2.45, 2.75) is 25.3 Å². The van der Waals surface area contributed by atoms with Crippen molar-refractivity contribution in [3.05, 3.63) is 42.5 Å². The second-order valence-corrected chi connectivity index (χ2v) is 6.36. The number of aromatic nitrogens is 2. The van der Waals surface area contributed by atoms with E-state index in [2.05, 4.69) is 14.9 Å². The highest BCUT2D eigenvalue weighted by Gasteiger charge is 2.26. The molecule has 0 spiro atoms. The van der Waals surface area contributed by atoms with Crippen molar-refractivity contribution in [1.29, 1.82) is 0 Å². The zero-order chi connectivity index (χ0) is 18.4. The molecule has 0 unspecified atom stereocenters. The topological polar surface area (TPSA) is 68.6 Å². The molecule has 2 heterocycles. The predicted octanol–water partition coefficient (Wildman–Crippen LogP) is 2.95. The van der Waals surface area contributed by atoms with E-state index in [0.717, 1.165) is 25.2 Å². The Morgan fingerprint density at radius 3 is 2.77 bits per heavy atom. The third-order valence-corrected chi connectivity index (χ3v) is 4.78. The molecule has 0 atom stereocenters. The molecular formula is C19H26N4O3. The molecule has 2 aromatic rings. The largest absolute Gasteiger partial charge is 0.495 e. The van der Waals surface area contributed by atoms with Gasteiger partial charge in [0.2, 0.25) is 0 Å². The van der Waals surface area contributed by atoms with Gasteiger partial charge in [0.05, 0.1) is 19.4 Å². The Morgan fingerprint density at radius 1 is 1.27 bits per heavy atom. The van der Waals surface area contributed by atoms with Gasteiger partial charge in [-0.15, -0.1) is 0 Å². The highest BCUT2D eigenvalue weighted by atomic mass is 16.5. The highest BCUT2D eigenvalue weighted by molar-refractivity contribution is 5.91. The number of amides is 2. The number of rotatable bonds is 6. The van der Waals surface area contributed by atoms with E-state index in [9.17, 15) is 4.79 Å². The Hall–Kier alpha value is -2.54. The second kappa shape index (κ2) is 8.71. The first-order valence-electron chi connectivity index (χ1n) is 8.92. The van der Waals surface area contributed by atoms with Gasteiger partial charge in [0.15, 0.2) is 0 Å². The first-order valence-corrected chi connectivity index (χ1v) is 8.92. The Morgan fingerprint density at radius 2 is 2.04 bits per heavy atom. The number of carbonyl (C=O) groups excluding carboxylic acids is 1. The Labute approximate surface area is 153 Å². The summed E-state index contributed by atoms with van der Waals surface area (Å²) in [6.07, 6.45) is 5.65. The van der Waals surface area contributed by atoms with Crippen LogP contribution in [0, 0.1) is 0 Å². The highest BCUT2D eigenvalue weighted by Crippen LogP contribution is 2.28. The van der Waals surface area contributed by atoms with Crippen LogP contribution >= 0.6 is 0 Å². The summed E-state index contributed by atoms with van der Waals surface area (Å²) in [5, 5.41) is 2.94. The van der Waals surface area contributed by atoms with Crippen LogP contribution in [0.25, 0.3) is 0 Å². The molecular weight excluding hydrogens is 332 g/mol. The van der Waals surface area contributed by atoms with Crippen molar-refractivity contribution in [2.75, 3.05) is 39.2 Å². The monoisotopic (exact) mass is 358 g/mol. The molecule has 1 saturated heterocycles. The maximum Gasteiger partial charge on any atom is 0.321 e. The number of urea groups is 1. The summed E-state index contributed by atoms with van der Waals surface area (Å²) in [5.74, 6) is 2.12. The molecule has 1 aromatic carbocycles. The molecule has 0 bridgehead atoms. The summed E-state index contributed by atoms with van der Waals surface area (Å²) < 4.78 is 12.6. The van der Waals surface area contributed by atoms with Crippen molar-refractivity contribution in [3.63, 3.8) is 0 Å². The van der Waals surface area contributed by atoms with Crippen LogP contribution in [0.15, 0.2) is 36.7 Å². The number of para-hydroxylation sites is 2. The van der Waals surface area contributed by atoms with E-state index in [4.69, 9.17) is 9.47 Å². The van der Waals surface area contributed by atoms with Gasteiger partial charge in [-0.2, -0.15) is 0 Å². The summed E-state index contributed by atoms with van der Waals surface area (Å²) >= 11 is 0. The Balaban J connectivity index is 1.56. The summed E-state index contributed by atoms with van der Waals surface area (Å²) in [5.41, 5.74) is 0.692. The van der Waals surface area contributed by atoms with Crippen molar-refractivity contribution in [3.8, 4) is 5.75 Å².